The molecular formula is C27H26N8O4S. The molecule has 13 heteroatoms. The van der Waals surface area contributed by atoms with Gasteiger partial charge in [0.15, 0.2) is 0 Å². The molecule has 12 nitrogen and oxygen atoms in total. The van der Waals surface area contributed by atoms with Crippen molar-refractivity contribution < 1.29 is 17.9 Å². The summed E-state index contributed by atoms with van der Waals surface area (Å²) < 4.78 is 35.9. The largest absolute Gasteiger partial charge is 0.470 e. The second kappa shape index (κ2) is 9.75. The minimum atomic E-state index is -3.99. The van der Waals surface area contributed by atoms with Crippen LogP contribution in [-0.2, 0) is 17.1 Å². The second-order valence-electron chi connectivity index (χ2n) is 9.69. The third-order valence-corrected chi connectivity index (χ3v) is 8.04. The molecule has 1 fully saturated rings. The van der Waals surface area contributed by atoms with E-state index in [1.165, 1.54) is 17.1 Å². The second-order valence-corrected chi connectivity index (χ2v) is 11.4. The van der Waals surface area contributed by atoms with Crippen molar-refractivity contribution in [2.45, 2.75) is 24.8 Å². The Balaban J connectivity index is 1.26. The number of carbonyl (C=O) groups is 1. The molecule has 204 valence electrons. The highest BCUT2D eigenvalue weighted by atomic mass is 32.2. The summed E-state index contributed by atoms with van der Waals surface area (Å²) in [6, 6.07) is 13.0. The Bertz CT molecular complexity index is 1840. The molecule has 2 aromatic carbocycles. The van der Waals surface area contributed by atoms with Crippen LogP contribution in [-0.4, -0.2) is 68.1 Å². The van der Waals surface area contributed by atoms with Crippen LogP contribution < -0.4 is 9.46 Å². The minimum Gasteiger partial charge on any atom is -0.470 e. The lowest BCUT2D eigenvalue weighted by molar-refractivity contribution is 0.0162. The number of aryl methyl sites for hydroxylation is 3. The number of aromatic amines is 1. The summed E-state index contributed by atoms with van der Waals surface area (Å²) in [6.07, 6.45) is 3.87. The van der Waals surface area contributed by atoms with Gasteiger partial charge in [0.2, 0.25) is 11.8 Å². The number of hydrogen-bond donors (Lipinski definition) is 2. The number of ether oxygens (including phenoxy) is 1. The summed E-state index contributed by atoms with van der Waals surface area (Å²) >= 11 is 0. The van der Waals surface area contributed by atoms with Crippen molar-refractivity contribution >= 4 is 32.9 Å². The molecule has 0 bridgehead atoms. The molecule has 1 amide bonds. The van der Waals surface area contributed by atoms with Gasteiger partial charge in [-0.15, -0.1) is 0 Å². The first-order valence-electron chi connectivity index (χ1n) is 12.5. The Hall–Kier alpha value is -4.78. The van der Waals surface area contributed by atoms with E-state index in [0.29, 0.717) is 29.9 Å². The standard InChI is InChI=1S/C27H26N8O4S/c1-16-6-4-7-17(2)24(16)22-10-23(32-27(31-22)33-40(37,38)19-11-30-34(3)14-19)39-18-12-35(13-18)26(36)20-8-5-9-21-25(20)29-15-28-21/h4-11,14-15,18H,12-13H2,1-3H3,(H,28,29)(H,31,32,33). The van der Waals surface area contributed by atoms with E-state index in [4.69, 9.17) is 4.74 Å². The number of carbonyl (C=O) groups excluding carboxylic acids is 1. The molecule has 0 saturated carbocycles. The number of anilines is 1. The predicted octanol–water partition coefficient (Wildman–Crippen LogP) is 3.07. The molecule has 2 N–H and O–H groups in total. The van der Waals surface area contributed by atoms with Crippen molar-refractivity contribution in [1.29, 1.82) is 0 Å². The third-order valence-electron chi connectivity index (χ3n) is 6.76. The van der Waals surface area contributed by atoms with Gasteiger partial charge in [0.1, 0.15) is 16.5 Å². The first kappa shape index (κ1) is 25.5. The molecular weight excluding hydrogens is 532 g/mol. The Kier molecular flexibility index (Phi) is 6.22. The van der Waals surface area contributed by atoms with Crippen molar-refractivity contribution in [2.24, 2.45) is 7.05 Å². The summed E-state index contributed by atoms with van der Waals surface area (Å²) in [7, 11) is -2.36. The topological polar surface area (TPSA) is 148 Å². The Morgan fingerprint density at radius 3 is 2.58 bits per heavy atom. The van der Waals surface area contributed by atoms with Crippen molar-refractivity contribution in [3.8, 4) is 17.1 Å². The molecule has 1 aliphatic heterocycles. The maximum atomic E-state index is 13.1. The Labute approximate surface area is 230 Å². The number of benzene rings is 2. The van der Waals surface area contributed by atoms with E-state index >= 15 is 0 Å². The molecule has 6 rings (SSSR count). The van der Waals surface area contributed by atoms with E-state index in [-0.39, 0.29) is 28.7 Å². The van der Waals surface area contributed by atoms with Gasteiger partial charge in [-0.2, -0.15) is 10.1 Å². The lowest BCUT2D eigenvalue weighted by Crippen LogP contribution is -2.56. The van der Waals surface area contributed by atoms with Crippen LogP contribution in [0.15, 0.2) is 66.1 Å². The number of H-pyrrole nitrogens is 1. The zero-order chi connectivity index (χ0) is 28.0. The van der Waals surface area contributed by atoms with Gasteiger partial charge in [-0.1, -0.05) is 24.3 Å². The number of likely N-dealkylation sites (tertiary alicyclic amines) is 1. The van der Waals surface area contributed by atoms with Gasteiger partial charge in [0, 0.05) is 24.9 Å². The minimum absolute atomic E-state index is 0.0152. The zero-order valence-electron chi connectivity index (χ0n) is 22.0. The molecule has 5 aromatic rings. The fourth-order valence-corrected chi connectivity index (χ4v) is 5.68. The highest BCUT2D eigenvalue weighted by molar-refractivity contribution is 7.92. The number of nitrogens with zero attached hydrogens (tertiary/aromatic N) is 6. The summed E-state index contributed by atoms with van der Waals surface area (Å²) in [5.74, 6) is -0.0686. The smallest absolute Gasteiger partial charge is 0.267 e. The number of sulfonamides is 1. The Morgan fingerprint density at radius 2 is 1.85 bits per heavy atom. The van der Waals surface area contributed by atoms with Gasteiger partial charge in [0.25, 0.3) is 15.9 Å². The van der Waals surface area contributed by atoms with E-state index in [1.807, 2.05) is 44.2 Å². The van der Waals surface area contributed by atoms with E-state index in [1.54, 1.807) is 30.4 Å². The van der Waals surface area contributed by atoms with Crippen LogP contribution in [0, 0.1) is 13.8 Å². The SMILES string of the molecule is Cc1cccc(C)c1-c1cc(OC2CN(C(=O)c3cccc4[nH]cnc34)C2)nc(NS(=O)(=O)c2cnn(C)c2)n1. The van der Waals surface area contributed by atoms with Crippen molar-refractivity contribution in [3.05, 3.63) is 77.9 Å². The molecule has 0 spiro atoms. The van der Waals surface area contributed by atoms with Crippen LogP contribution in [0.3, 0.4) is 0 Å². The first-order valence-corrected chi connectivity index (χ1v) is 14.0. The van der Waals surface area contributed by atoms with Gasteiger partial charge in [-0.3, -0.25) is 9.48 Å². The van der Waals surface area contributed by atoms with Gasteiger partial charge in [-0.25, -0.2) is 23.1 Å². The third kappa shape index (κ3) is 4.75. The number of amides is 1. The van der Waals surface area contributed by atoms with Crippen LogP contribution in [0.25, 0.3) is 22.3 Å². The molecule has 1 aliphatic rings. The molecule has 0 radical (unpaired) electrons. The predicted molar refractivity (Wildman–Crippen MR) is 147 cm³/mol. The lowest BCUT2D eigenvalue weighted by atomic mass is 10.00. The maximum Gasteiger partial charge on any atom is 0.267 e. The first-order chi connectivity index (χ1) is 19.2. The average molecular weight is 559 g/mol. The molecule has 1 saturated heterocycles. The summed E-state index contributed by atoms with van der Waals surface area (Å²) in [4.78, 5) is 30.9. The normalized spacial score (nSPS) is 13.8. The highest BCUT2D eigenvalue weighted by Crippen LogP contribution is 2.30. The molecule has 40 heavy (non-hydrogen) atoms. The van der Waals surface area contributed by atoms with Gasteiger partial charge in [-0.05, 0) is 37.1 Å². The summed E-state index contributed by atoms with van der Waals surface area (Å²) in [5, 5.41) is 3.94. The van der Waals surface area contributed by atoms with Crippen LogP contribution in [0.2, 0.25) is 0 Å². The lowest BCUT2D eigenvalue weighted by Gasteiger charge is -2.38. The molecule has 0 unspecified atom stereocenters. The van der Waals surface area contributed by atoms with Gasteiger partial charge < -0.3 is 14.6 Å². The summed E-state index contributed by atoms with van der Waals surface area (Å²) in [5.41, 5.74) is 5.24. The number of rotatable bonds is 7. The fourth-order valence-electron chi connectivity index (χ4n) is 4.75. The van der Waals surface area contributed by atoms with Crippen molar-refractivity contribution in [1.82, 2.24) is 34.6 Å². The monoisotopic (exact) mass is 558 g/mol. The quantitative estimate of drug-likeness (QED) is 0.310. The van der Waals surface area contributed by atoms with Crippen LogP contribution in [0.4, 0.5) is 5.95 Å². The number of imidazole rings is 1. The van der Waals surface area contributed by atoms with Crippen LogP contribution >= 0.6 is 0 Å². The fraction of sp³-hybridized carbons (Fsp3) is 0.222. The number of hydrogen-bond acceptors (Lipinski definition) is 8. The van der Waals surface area contributed by atoms with Gasteiger partial charge in [0.05, 0.1) is 42.4 Å². The van der Waals surface area contributed by atoms with E-state index in [9.17, 15) is 13.2 Å². The maximum absolute atomic E-state index is 13.1. The van der Waals surface area contributed by atoms with Crippen LogP contribution in [0.5, 0.6) is 5.88 Å². The van der Waals surface area contributed by atoms with Crippen molar-refractivity contribution in [2.75, 3.05) is 17.8 Å². The Morgan fingerprint density at radius 1 is 1.10 bits per heavy atom. The number of nitrogens with one attached hydrogen (secondary N) is 2. The van der Waals surface area contributed by atoms with E-state index < -0.39 is 10.0 Å². The van der Waals surface area contributed by atoms with Crippen molar-refractivity contribution in [3.63, 3.8) is 0 Å². The van der Waals surface area contributed by atoms with Crippen LogP contribution in [0.1, 0.15) is 21.5 Å². The number of fused-ring (bicyclic) bond motifs is 1. The molecule has 0 atom stereocenters. The molecule has 4 heterocycles. The highest BCUT2D eigenvalue weighted by Gasteiger charge is 2.34. The van der Waals surface area contributed by atoms with Gasteiger partial charge >= 0.3 is 0 Å². The van der Waals surface area contributed by atoms with E-state index in [2.05, 4.69) is 29.8 Å². The zero-order valence-corrected chi connectivity index (χ0v) is 22.8. The average Bonchev–Trinajstić information content (AvgIpc) is 3.54. The number of aromatic nitrogens is 6. The summed E-state index contributed by atoms with van der Waals surface area (Å²) in [6.45, 7) is 4.61. The van der Waals surface area contributed by atoms with E-state index in [0.717, 1.165) is 22.2 Å². The molecule has 3 aromatic heterocycles. The number of para-hydroxylation sites is 1. The molecule has 0 aliphatic carbocycles.